The molecule has 2 N–H and O–H groups in total. The number of benzene rings is 2. The quantitative estimate of drug-likeness (QED) is 0.627. The van der Waals surface area contributed by atoms with Gasteiger partial charge in [-0.3, -0.25) is 5.32 Å². The van der Waals surface area contributed by atoms with Gasteiger partial charge in [0.15, 0.2) is 5.13 Å². The number of anilines is 1. The number of carbonyl (C=O) groups is 1. The maximum absolute atomic E-state index is 13.5. The Morgan fingerprint density at radius 3 is 2.97 bits per heavy atom. The van der Waals surface area contributed by atoms with Crippen LogP contribution in [0.1, 0.15) is 24.5 Å². The van der Waals surface area contributed by atoms with E-state index in [4.69, 9.17) is 0 Å². The van der Waals surface area contributed by atoms with E-state index in [2.05, 4.69) is 29.2 Å². The molecule has 1 aliphatic carbocycles. The average molecular weight is 441 g/mol. The molecule has 162 valence electrons. The molecule has 5 rings (SSSR count). The molecule has 1 fully saturated rings. The lowest BCUT2D eigenvalue weighted by Gasteiger charge is -2.57. The SMILES string of the molecule is CN1CCC2(C)c3cc(O)ccc3CC1C2N(C)C(=O)Nc1nc2cc(F)ccc2s1. The molecule has 0 saturated carbocycles. The fourth-order valence-electron chi connectivity index (χ4n) is 5.39. The van der Waals surface area contributed by atoms with Crippen LogP contribution in [0.4, 0.5) is 14.3 Å². The number of fused-ring (bicyclic) bond motifs is 5. The van der Waals surface area contributed by atoms with Crippen molar-refractivity contribution in [2.75, 3.05) is 26.0 Å². The molecule has 2 bridgehead atoms. The highest BCUT2D eigenvalue weighted by Gasteiger charge is 2.52. The summed E-state index contributed by atoms with van der Waals surface area (Å²) in [6, 6.07) is 9.92. The number of likely N-dealkylation sites (N-methyl/N-ethyl adjacent to an activating group) is 2. The zero-order valence-electron chi connectivity index (χ0n) is 17.7. The molecular weight excluding hydrogens is 415 g/mol. The van der Waals surface area contributed by atoms with Crippen molar-refractivity contribution in [3.63, 3.8) is 0 Å². The van der Waals surface area contributed by atoms with E-state index in [9.17, 15) is 14.3 Å². The second-order valence-electron chi connectivity index (χ2n) is 8.88. The van der Waals surface area contributed by atoms with Crippen molar-refractivity contribution in [1.82, 2.24) is 14.8 Å². The van der Waals surface area contributed by atoms with E-state index in [1.165, 1.54) is 29.0 Å². The van der Waals surface area contributed by atoms with Crippen molar-refractivity contribution in [2.24, 2.45) is 0 Å². The van der Waals surface area contributed by atoms with E-state index >= 15 is 0 Å². The Balaban J connectivity index is 1.46. The summed E-state index contributed by atoms with van der Waals surface area (Å²) in [6.07, 6.45) is 1.71. The summed E-state index contributed by atoms with van der Waals surface area (Å²) in [5.41, 5.74) is 2.62. The van der Waals surface area contributed by atoms with E-state index < -0.39 is 0 Å². The molecular formula is C23H25FN4O2S. The van der Waals surface area contributed by atoms with Gasteiger partial charge in [0.05, 0.1) is 16.3 Å². The van der Waals surface area contributed by atoms with Crippen molar-refractivity contribution in [1.29, 1.82) is 0 Å². The number of urea groups is 1. The van der Waals surface area contributed by atoms with Gasteiger partial charge in [-0.05, 0) is 61.8 Å². The Kier molecular flexibility index (Phi) is 4.67. The zero-order valence-corrected chi connectivity index (χ0v) is 18.5. The van der Waals surface area contributed by atoms with E-state index in [0.29, 0.717) is 10.6 Å². The molecule has 1 saturated heterocycles. The summed E-state index contributed by atoms with van der Waals surface area (Å²) in [5, 5.41) is 13.5. The highest BCUT2D eigenvalue weighted by molar-refractivity contribution is 7.22. The Morgan fingerprint density at radius 1 is 1.35 bits per heavy atom. The number of phenols is 1. The Morgan fingerprint density at radius 2 is 2.16 bits per heavy atom. The van der Waals surface area contributed by atoms with Crippen LogP contribution in [0.3, 0.4) is 0 Å². The van der Waals surface area contributed by atoms with Crippen molar-refractivity contribution >= 4 is 32.7 Å². The van der Waals surface area contributed by atoms with Crippen molar-refractivity contribution in [3.05, 3.63) is 53.3 Å². The smallest absolute Gasteiger partial charge is 0.323 e. The topological polar surface area (TPSA) is 68.7 Å². The number of hydrogen-bond donors (Lipinski definition) is 2. The number of rotatable bonds is 2. The Labute approximate surface area is 184 Å². The predicted molar refractivity (Wildman–Crippen MR) is 120 cm³/mol. The zero-order chi connectivity index (χ0) is 21.9. The fourth-order valence-corrected chi connectivity index (χ4v) is 6.23. The van der Waals surface area contributed by atoms with Crippen LogP contribution in [0.5, 0.6) is 5.75 Å². The van der Waals surface area contributed by atoms with Crippen molar-refractivity contribution in [3.8, 4) is 5.75 Å². The summed E-state index contributed by atoms with van der Waals surface area (Å²) in [4.78, 5) is 21.7. The monoisotopic (exact) mass is 440 g/mol. The van der Waals surface area contributed by atoms with Crippen LogP contribution in [0.2, 0.25) is 0 Å². The molecule has 0 spiro atoms. The van der Waals surface area contributed by atoms with E-state index in [-0.39, 0.29) is 35.1 Å². The number of hydrogen-bond acceptors (Lipinski definition) is 5. The second kappa shape index (κ2) is 7.17. The van der Waals surface area contributed by atoms with Gasteiger partial charge in [0, 0.05) is 24.6 Å². The van der Waals surface area contributed by atoms with Gasteiger partial charge >= 0.3 is 6.03 Å². The number of aromatic hydroxyl groups is 1. The van der Waals surface area contributed by atoms with Crippen molar-refractivity contribution in [2.45, 2.75) is 37.3 Å². The normalized spacial score (nSPS) is 25.3. The Hall–Kier alpha value is -2.71. The molecule has 1 aromatic heterocycles. The molecule has 6 nitrogen and oxygen atoms in total. The van der Waals surface area contributed by atoms with Crippen LogP contribution in [0, 0.1) is 5.82 Å². The molecule has 2 aromatic carbocycles. The summed E-state index contributed by atoms with van der Waals surface area (Å²) >= 11 is 1.33. The number of likely N-dealkylation sites (tertiary alicyclic amines) is 1. The van der Waals surface area contributed by atoms with Gasteiger partial charge in [-0.25, -0.2) is 14.2 Å². The molecule has 31 heavy (non-hydrogen) atoms. The third-order valence-electron chi connectivity index (χ3n) is 7.01. The fraction of sp³-hybridized carbons (Fsp3) is 0.391. The average Bonchev–Trinajstić information content (AvgIpc) is 3.12. The first-order chi connectivity index (χ1) is 14.8. The lowest BCUT2D eigenvalue weighted by molar-refractivity contribution is 0.0213. The lowest BCUT2D eigenvalue weighted by Crippen LogP contribution is -2.67. The molecule has 2 heterocycles. The summed E-state index contributed by atoms with van der Waals surface area (Å²) in [7, 11) is 3.93. The van der Waals surface area contributed by atoms with Crippen molar-refractivity contribution < 1.29 is 14.3 Å². The molecule has 1 aliphatic heterocycles. The summed E-state index contributed by atoms with van der Waals surface area (Å²) < 4.78 is 14.3. The van der Waals surface area contributed by atoms with Gasteiger partial charge in [0.2, 0.25) is 0 Å². The number of piperidine rings is 1. The molecule has 8 heteroatoms. The standard InChI is InChI=1S/C23H25FN4O2S/c1-23-8-9-27(2)18(10-13-4-6-15(29)12-16(13)23)20(23)28(3)22(30)26-21-25-17-11-14(24)5-7-19(17)31-21/h4-7,11-12,18,20,29H,8-10H2,1-3H3,(H,25,26,30). The molecule has 0 radical (unpaired) electrons. The van der Waals surface area contributed by atoms with Crippen LogP contribution >= 0.6 is 11.3 Å². The summed E-state index contributed by atoms with van der Waals surface area (Å²) in [5.74, 6) is -0.0920. The number of carbonyl (C=O) groups excluding carboxylic acids is 1. The van der Waals surface area contributed by atoms with E-state index in [1.807, 2.05) is 19.2 Å². The second-order valence-corrected chi connectivity index (χ2v) is 9.91. The van der Waals surface area contributed by atoms with Gasteiger partial charge in [-0.2, -0.15) is 0 Å². The minimum absolute atomic E-state index is 0.0626. The first kappa shape index (κ1) is 20.2. The minimum atomic E-state index is -0.347. The van der Waals surface area contributed by atoms with Gasteiger partial charge in [0.1, 0.15) is 11.6 Å². The van der Waals surface area contributed by atoms with Crippen LogP contribution < -0.4 is 5.32 Å². The van der Waals surface area contributed by atoms with Crippen LogP contribution in [-0.2, 0) is 11.8 Å². The highest BCUT2D eigenvalue weighted by atomic mass is 32.1. The first-order valence-corrected chi connectivity index (χ1v) is 11.2. The van der Waals surface area contributed by atoms with Gasteiger partial charge < -0.3 is 14.9 Å². The predicted octanol–water partition coefficient (Wildman–Crippen LogP) is 4.19. The summed E-state index contributed by atoms with van der Waals surface area (Å²) in [6.45, 7) is 3.13. The third kappa shape index (κ3) is 3.25. The third-order valence-corrected chi connectivity index (χ3v) is 7.96. The number of amides is 2. The van der Waals surface area contributed by atoms with E-state index in [1.54, 1.807) is 17.0 Å². The largest absolute Gasteiger partial charge is 0.508 e. The minimum Gasteiger partial charge on any atom is -0.508 e. The van der Waals surface area contributed by atoms with Gasteiger partial charge in [-0.15, -0.1) is 0 Å². The number of nitrogens with zero attached hydrogens (tertiary/aromatic N) is 3. The molecule has 3 aromatic rings. The first-order valence-electron chi connectivity index (χ1n) is 10.4. The lowest BCUT2D eigenvalue weighted by atomic mass is 9.61. The van der Waals surface area contributed by atoms with E-state index in [0.717, 1.165) is 29.6 Å². The Bertz CT molecular complexity index is 1180. The maximum Gasteiger partial charge on any atom is 0.323 e. The number of halogens is 1. The van der Waals surface area contributed by atoms with Crippen LogP contribution in [-0.4, -0.2) is 58.6 Å². The molecule has 3 unspecified atom stereocenters. The van der Waals surface area contributed by atoms with Gasteiger partial charge in [0.25, 0.3) is 0 Å². The van der Waals surface area contributed by atoms with Crippen LogP contribution in [0.25, 0.3) is 10.2 Å². The number of phenolic OH excluding ortho intramolecular Hbond substituents is 1. The number of aromatic nitrogens is 1. The maximum atomic E-state index is 13.5. The molecule has 3 atom stereocenters. The molecule has 2 amide bonds. The molecule has 2 aliphatic rings. The van der Waals surface area contributed by atoms with Gasteiger partial charge in [-0.1, -0.05) is 24.3 Å². The highest BCUT2D eigenvalue weighted by Crippen LogP contribution is 2.47. The van der Waals surface area contributed by atoms with Crippen LogP contribution in [0.15, 0.2) is 36.4 Å². The number of nitrogens with one attached hydrogen (secondary N) is 1. The number of thiazole rings is 1.